The average molecular weight is 240 g/mol. The van der Waals surface area contributed by atoms with Gasteiger partial charge in [0.2, 0.25) is 5.91 Å². The van der Waals surface area contributed by atoms with E-state index in [0.29, 0.717) is 18.1 Å². The molecule has 0 aromatic heterocycles. The molecule has 3 N–H and O–H groups in total. The van der Waals surface area contributed by atoms with Crippen molar-refractivity contribution in [2.45, 2.75) is 6.42 Å². The van der Waals surface area contributed by atoms with Gasteiger partial charge in [-0.15, -0.1) is 0 Å². The van der Waals surface area contributed by atoms with Gasteiger partial charge in [0.05, 0.1) is 17.9 Å². The summed E-state index contributed by atoms with van der Waals surface area (Å²) in [4.78, 5) is 13.5. The third-order valence-corrected chi connectivity index (χ3v) is 2.78. The van der Waals surface area contributed by atoms with E-state index in [2.05, 4.69) is 5.32 Å². The molecule has 0 atom stereocenters. The van der Waals surface area contributed by atoms with E-state index < -0.39 is 0 Å². The fourth-order valence-electron chi connectivity index (χ4n) is 1.81. The molecule has 16 heavy (non-hydrogen) atoms. The van der Waals surface area contributed by atoms with Crippen molar-refractivity contribution in [3.63, 3.8) is 0 Å². The highest BCUT2D eigenvalue weighted by Gasteiger charge is 2.21. The Bertz CT molecular complexity index is 408. The van der Waals surface area contributed by atoms with Crippen LogP contribution < -0.4 is 16.0 Å². The summed E-state index contributed by atoms with van der Waals surface area (Å²) in [6, 6.07) is 5.52. The predicted octanol–water partition coefficient (Wildman–Crippen LogP) is 1.45. The van der Waals surface area contributed by atoms with Crippen LogP contribution >= 0.6 is 11.6 Å². The summed E-state index contributed by atoms with van der Waals surface area (Å²) < 4.78 is 0. The number of amides is 1. The number of carbonyl (C=O) groups is 1. The Hall–Kier alpha value is -1.26. The molecule has 1 amide bonds. The molecule has 0 spiro atoms. The summed E-state index contributed by atoms with van der Waals surface area (Å²) in [5.74, 6) is -0.00760. The van der Waals surface area contributed by atoms with Gasteiger partial charge in [-0.05, 0) is 31.2 Å². The first kappa shape index (κ1) is 11.2. The molecule has 0 radical (unpaired) electrons. The van der Waals surface area contributed by atoms with Crippen LogP contribution in [0.4, 0.5) is 11.4 Å². The van der Waals surface area contributed by atoms with Crippen molar-refractivity contribution >= 4 is 28.9 Å². The van der Waals surface area contributed by atoms with Gasteiger partial charge in [0.15, 0.2) is 0 Å². The smallest absolute Gasteiger partial charge is 0.243 e. The first-order valence-corrected chi connectivity index (χ1v) is 5.63. The predicted molar refractivity (Wildman–Crippen MR) is 66.0 cm³/mol. The molecule has 86 valence electrons. The van der Waals surface area contributed by atoms with Crippen LogP contribution in [0.2, 0.25) is 5.02 Å². The normalized spacial score (nSPS) is 14.6. The number of nitrogens with zero attached hydrogens (tertiary/aromatic N) is 1. The zero-order valence-electron chi connectivity index (χ0n) is 8.87. The largest absolute Gasteiger partial charge is 0.360 e. The highest BCUT2D eigenvalue weighted by Crippen LogP contribution is 2.31. The lowest BCUT2D eigenvalue weighted by Crippen LogP contribution is -2.39. The number of hydrogen-bond donors (Lipinski definition) is 2. The second-order valence-electron chi connectivity index (χ2n) is 3.77. The van der Waals surface area contributed by atoms with Gasteiger partial charge in [-0.1, -0.05) is 11.6 Å². The summed E-state index contributed by atoms with van der Waals surface area (Å²) in [5, 5.41) is 3.44. The topological polar surface area (TPSA) is 58.4 Å². The summed E-state index contributed by atoms with van der Waals surface area (Å²) in [6.45, 7) is 1.80. The minimum Gasteiger partial charge on any atom is -0.360 e. The molecule has 0 unspecified atom stereocenters. The molecule has 1 aliphatic rings. The SMILES string of the molecule is NCCCN1CC(=O)Nc2cc(Cl)ccc21. The Morgan fingerprint density at radius 1 is 1.50 bits per heavy atom. The third-order valence-electron chi connectivity index (χ3n) is 2.54. The molecule has 2 rings (SSSR count). The van der Waals surface area contributed by atoms with Gasteiger partial charge in [0.25, 0.3) is 0 Å². The fraction of sp³-hybridized carbons (Fsp3) is 0.364. The van der Waals surface area contributed by atoms with E-state index in [0.717, 1.165) is 24.3 Å². The number of hydrogen-bond acceptors (Lipinski definition) is 3. The molecule has 0 bridgehead atoms. The van der Waals surface area contributed by atoms with Gasteiger partial charge < -0.3 is 16.0 Å². The number of fused-ring (bicyclic) bond motifs is 1. The van der Waals surface area contributed by atoms with Crippen molar-refractivity contribution in [2.75, 3.05) is 29.9 Å². The van der Waals surface area contributed by atoms with Gasteiger partial charge in [-0.25, -0.2) is 0 Å². The quantitative estimate of drug-likeness (QED) is 0.840. The van der Waals surface area contributed by atoms with Crippen molar-refractivity contribution in [1.82, 2.24) is 0 Å². The first-order chi connectivity index (χ1) is 7.70. The minimum absolute atomic E-state index is 0.00760. The molecule has 5 heteroatoms. The molecular formula is C11H14ClN3O. The Kier molecular flexibility index (Phi) is 3.31. The number of nitrogens with two attached hydrogens (primary N) is 1. The summed E-state index contributed by atoms with van der Waals surface area (Å²) in [6.07, 6.45) is 0.870. The van der Waals surface area contributed by atoms with Crippen LogP contribution in [0, 0.1) is 0 Å². The summed E-state index contributed by atoms with van der Waals surface area (Å²) in [5.41, 5.74) is 7.27. The van der Waals surface area contributed by atoms with Crippen LogP contribution in [0.1, 0.15) is 6.42 Å². The monoisotopic (exact) mass is 239 g/mol. The number of carbonyl (C=O) groups excluding carboxylic acids is 1. The standard InChI is InChI=1S/C11H14ClN3O/c12-8-2-3-10-9(6-8)14-11(16)7-15(10)5-1-4-13/h2-3,6H,1,4-5,7,13H2,(H,14,16). The minimum atomic E-state index is -0.00760. The molecule has 4 nitrogen and oxygen atoms in total. The number of anilines is 2. The van der Waals surface area contributed by atoms with Crippen molar-refractivity contribution in [1.29, 1.82) is 0 Å². The lowest BCUT2D eigenvalue weighted by molar-refractivity contribution is -0.115. The van der Waals surface area contributed by atoms with E-state index >= 15 is 0 Å². The van der Waals surface area contributed by atoms with Gasteiger partial charge >= 0.3 is 0 Å². The number of halogens is 1. The first-order valence-electron chi connectivity index (χ1n) is 5.25. The third kappa shape index (κ3) is 2.28. The van der Waals surface area contributed by atoms with Crippen molar-refractivity contribution in [3.05, 3.63) is 23.2 Å². The summed E-state index contributed by atoms with van der Waals surface area (Å²) >= 11 is 5.89. The van der Waals surface area contributed by atoms with E-state index in [-0.39, 0.29) is 5.91 Å². The van der Waals surface area contributed by atoms with E-state index in [1.807, 2.05) is 17.0 Å². The maximum absolute atomic E-state index is 11.5. The lowest BCUT2D eigenvalue weighted by atomic mass is 10.2. The highest BCUT2D eigenvalue weighted by atomic mass is 35.5. The summed E-state index contributed by atoms with van der Waals surface area (Å²) in [7, 11) is 0. The maximum Gasteiger partial charge on any atom is 0.243 e. The Morgan fingerprint density at radius 3 is 3.06 bits per heavy atom. The molecular weight excluding hydrogens is 226 g/mol. The molecule has 1 aromatic carbocycles. The van der Waals surface area contributed by atoms with Crippen LogP contribution in [0.5, 0.6) is 0 Å². The number of rotatable bonds is 3. The molecule has 0 saturated heterocycles. The Morgan fingerprint density at radius 2 is 2.31 bits per heavy atom. The molecule has 1 heterocycles. The highest BCUT2D eigenvalue weighted by molar-refractivity contribution is 6.31. The zero-order chi connectivity index (χ0) is 11.5. The van der Waals surface area contributed by atoms with E-state index in [1.54, 1.807) is 6.07 Å². The number of nitrogens with one attached hydrogen (secondary N) is 1. The molecule has 0 fully saturated rings. The van der Waals surface area contributed by atoms with E-state index in [1.165, 1.54) is 0 Å². The van der Waals surface area contributed by atoms with Crippen LogP contribution in [-0.4, -0.2) is 25.5 Å². The van der Waals surface area contributed by atoms with Gasteiger partial charge in [0, 0.05) is 11.6 Å². The van der Waals surface area contributed by atoms with Crippen molar-refractivity contribution in [3.8, 4) is 0 Å². The van der Waals surface area contributed by atoms with Gasteiger partial charge in [-0.3, -0.25) is 4.79 Å². The lowest BCUT2D eigenvalue weighted by Gasteiger charge is -2.30. The average Bonchev–Trinajstić information content (AvgIpc) is 2.25. The van der Waals surface area contributed by atoms with Gasteiger partial charge in [0.1, 0.15) is 0 Å². The molecule has 1 aliphatic heterocycles. The second-order valence-corrected chi connectivity index (χ2v) is 4.21. The van der Waals surface area contributed by atoms with Crippen LogP contribution in [0.3, 0.4) is 0 Å². The fourth-order valence-corrected chi connectivity index (χ4v) is 1.99. The molecule has 0 saturated carbocycles. The van der Waals surface area contributed by atoms with Crippen LogP contribution in [-0.2, 0) is 4.79 Å². The maximum atomic E-state index is 11.5. The number of benzene rings is 1. The van der Waals surface area contributed by atoms with E-state index in [4.69, 9.17) is 17.3 Å². The zero-order valence-corrected chi connectivity index (χ0v) is 9.63. The Balaban J connectivity index is 2.27. The van der Waals surface area contributed by atoms with Crippen LogP contribution in [0.25, 0.3) is 0 Å². The molecule has 0 aliphatic carbocycles. The van der Waals surface area contributed by atoms with Crippen molar-refractivity contribution < 1.29 is 4.79 Å². The molecule has 1 aromatic rings. The van der Waals surface area contributed by atoms with Crippen molar-refractivity contribution in [2.24, 2.45) is 5.73 Å². The second kappa shape index (κ2) is 4.72. The van der Waals surface area contributed by atoms with E-state index in [9.17, 15) is 4.79 Å². The Labute approximate surface area is 99.4 Å². The van der Waals surface area contributed by atoms with Crippen LogP contribution in [0.15, 0.2) is 18.2 Å². The van der Waals surface area contributed by atoms with Gasteiger partial charge in [-0.2, -0.15) is 0 Å².